The van der Waals surface area contributed by atoms with Crippen LogP contribution in [0.5, 0.6) is 0 Å². The van der Waals surface area contributed by atoms with E-state index in [0.717, 1.165) is 0 Å². The van der Waals surface area contributed by atoms with E-state index >= 15 is 0 Å². The Hall–Kier alpha value is 0.0200. The number of sulfonamides is 1. The molecule has 114 valence electrons. The molecule has 0 heterocycles. The zero-order valence-electron chi connectivity index (χ0n) is 11.4. The molecule has 1 aromatic carbocycles. The van der Waals surface area contributed by atoms with Crippen LogP contribution in [0.1, 0.15) is 12.5 Å². The van der Waals surface area contributed by atoms with E-state index in [2.05, 4.69) is 0 Å². The van der Waals surface area contributed by atoms with Crippen molar-refractivity contribution >= 4 is 45.0 Å². The smallest absolute Gasteiger partial charge is 0.244 e. The number of aliphatic hydroxyl groups excluding tert-OH is 1. The quantitative estimate of drug-likeness (QED) is 0.850. The van der Waals surface area contributed by atoms with Crippen molar-refractivity contribution in [2.75, 3.05) is 19.1 Å². The second-order valence-electron chi connectivity index (χ2n) is 4.32. The van der Waals surface area contributed by atoms with Gasteiger partial charge >= 0.3 is 0 Å². The van der Waals surface area contributed by atoms with Gasteiger partial charge in [0.1, 0.15) is 4.90 Å². The molecule has 0 aliphatic rings. The lowest BCUT2D eigenvalue weighted by Crippen LogP contribution is -2.36. The third-order valence-electron chi connectivity index (χ3n) is 2.99. The molecular formula is C12H17Cl2NO3S2. The Morgan fingerprint density at radius 2 is 2.00 bits per heavy atom. The van der Waals surface area contributed by atoms with Gasteiger partial charge < -0.3 is 5.11 Å². The van der Waals surface area contributed by atoms with Crippen LogP contribution < -0.4 is 0 Å². The summed E-state index contributed by atoms with van der Waals surface area (Å²) >= 11 is 13.5. The highest BCUT2D eigenvalue weighted by Gasteiger charge is 2.28. The summed E-state index contributed by atoms with van der Waals surface area (Å²) in [6.45, 7) is 1.41. The van der Waals surface area contributed by atoms with Crippen molar-refractivity contribution in [1.29, 1.82) is 0 Å². The van der Waals surface area contributed by atoms with Crippen molar-refractivity contribution in [3.05, 3.63) is 27.7 Å². The van der Waals surface area contributed by atoms with Gasteiger partial charge in [-0.05, 0) is 25.3 Å². The van der Waals surface area contributed by atoms with Gasteiger partial charge in [-0.3, -0.25) is 0 Å². The summed E-state index contributed by atoms with van der Waals surface area (Å²) in [6, 6.07) is 2.62. The molecule has 1 unspecified atom stereocenters. The zero-order chi connectivity index (χ0) is 15.5. The minimum Gasteiger partial charge on any atom is -0.392 e. The van der Waals surface area contributed by atoms with Crippen molar-refractivity contribution in [3.8, 4) is 0 Å². The predicted molar refractivity (Wildman–Crippen MR) is 85.2 cm³/mol. The molecule has 4 nitrogen and oxygen atoms in total. The number of aliphatic hydroxyl groups is 1. The van der Waals surface area contributed by atoms with E-state index in [1.807, 2.05) is 13.2 Å². The molecule has 1 N–H and O–H groups in total. The molecule has 0 aromatic heterocycles. The van der Waals surface area contributed by atoms with Crippen LogP contribution in [-0.4, -0.2) is 42.9 Å². The molecule has 0 aliphatic heterocycles. The SMILES string of the molecule is CSCC(C)N(C)S(=O)(=O)c1ccc(Cl)c(CO)c1Cl. The Kier molecular flexibility index (Phi) is 6.63. The van der Waals surface area contributed by atoms with Gasteiger partial charge in [-0.15, -0.1) is 0 Å². The van der Waals surface area contributed by atoms with Crippen LogP contribution in [0.3, 0.4) is 0 Å². The van der Waals surface area contributed by atoms with E-state index < -0.39 is 16.6 Å². The fourth-order valence-electron chi connectivity index (χ4n) is 1.66. The van der Waals surface area contributed by atoms with E-state index in [0.29, 0.717) is 5.75 Å². The molecule has 1 atom stereocenters. The number of rotatable bonds is 6. The van der Waals surface area contributed by atoms with E-state index in [9.17, 15) is 13.5 Å². The highest BCUT2D eigenvalue weighted by atomic mass is 35.5. The minimum absolute atomic E-state index is 0.0248. The topological polar surface area (TPSA) is 57.6 Å². The van der Waals surface area contributed by atoms with Crippen LogP contribution in [0, 0.1) is 0 Å². The molecule has 0 aliphatic carbocycles. The molecule has 0 radical (unpaired) electrons. The number of nitrogens with zero attached hydrogens (tertiary/aromatic N) is 1. The Morgan fingerprint density at radius 1 is 1.40 bits per heavy atom. The van der Waals surface area contributed by atoms with Crippen molar-refractivity contribution in [2.24, 2.45) is 0 Å². The molecule has 20 heavy (non-hydrogen) atoms. The minimum atomic E-state index is -3.72. The van der Waals surface area contributed by atoms with Gasteiger partial charge in [0.05, 0.1) is 11.6 Å². The van der Waals surface area contributed by atoms with Crippen molar-refractivity contribution in [2.45, 2.75) is 24.5 Å². The lowest BCUT2D eigenvalue weighted by Gasteiger charge is -2.24. The monoisotopic (exact) mass is 357 g/mol. The van der Waals surface area contributed by atoms with Crippen LogP contribution >= 0.6 is 35.0 Å². The average molecular weight is 358 g/mol. The molecular weight excluding hydrogens is 341 g/mol. The Balaban J connectivity index is 3.29. The first kappa shape index (κ1) is 18.1. The average Bonchev–Trinajstić information content (AvgIpc) is 2.38. The number of halogens is 2. The van der Waals surface area contributed by atoms with Crippen LogP contribution in [0.25, 0.3) is 0 Å². The first-order valence-electron chi connectivity index (χ1n) is 5.82. The molecule has 1 aromatic rings. The molecule has 0 spiro atoms. The van der Waals surface area contributed by atoms with E-state index in [-0.39, 0.29) is 26.5 Å². The number of hydrogen-bond acceptors (Lipinski definition) is 4. The van der Waals surface area contributed by atoms with Crippen molar-refractivity contribution in [3.63, 3.8) is 0 Å². The lowest BCUT2D eigenvalue weighted by molar-refractivity contribution is 0.281. The highest BCUT2D eigenvalue weighted by Crippen LogP contribution is 2.33. The molecule has 0 bridgehead atoms. The third kappa shape index (κ3) is 3.61. The third-order valence-corrected chi connectivity index (χ3v) is 6.72. The van der Waals surface area contributed by atoms with E-state index in [4.69, 9.17) is 23.2 Å². The summed E-state index contributed by atoms with van der Waals surface area (Å²) in [7, 11) is -2.21. The van der Waals surface area contributed by atoms with Crippen LogP contribution in [0.2, 0.25) is 10.0 Å². The molecule has 0 saturated heterocycles. The van der Waals surface area contributed by atoms with Crippen LogP contribution in [0.15, 0.2) is 17.0 Å². The van der Waals surface area contributed by atoms with Gasteiger partial charge in [-0.25, -0.2) is 8.42 Å². The molecule has 0 fully saturated rings. The largest absolute Gasteiger partial charge is 0.392 e. The normalized spacial score (nSPS) is 13.8. The second-order valence-corrected chi connectivity index (χ2v) is 7.98. The van der Waals surface area contributed by atoms with Gasteiger partial charge in [0, 0.05) is 29.4 Å². The van der Waals surface area contributed by atoms with Gasteiger partial charge in [0.15, 0.2) is 0 Å². The Morgan fingerprint density at radius 3 is 2.50 bits per heavy atom. The van der Waals surface area contributed by atoms with Crippen LogP contribution in [0.4, 0.5) is 0 Å². The fourth-order valence-corrected chi connectivity index (χ4v) is 4.69. The summed E-state index contributed by atoms with van der Waals surface area (Å²) in [6.07, 6.45) is 1.91. The zero-order valence-corrected chi connectivity index (χ0v) is 14.6. The van der Waals surface area contributed by atoms with Gasteiger partial charge in [0.2, 0.25) is 10.0 Å². The maximum atomic E-state index is 12.6. The second kappa shape index (κ2) is 7.33. The molecule has 0 amide bonds. The number of benzene rings is 1. The van der Waals surface area contributed by atoms with E-state index in [1.54, 1.807) is 11.8 Å². The number of thioether (sulfide) groups is 1. The van der Waals surface area contributed by atoms with Gasteiger partial charge in [-0.1, -0.05) is 23.2 Å². The summed E-state index contributed by atoms with van der Waals surface area (Å²) in [5.41, 5.74) is 0.223. The predicted octanol–water partition coefficient (Wildman–Crippen LogP) is 2.86. The lowest BCUT2D eigenvalue weighted by atomic mass is 10.2. The standard InChI is InChI=1S/C12H17Cl2NO3S2/c1-8(7-19-3)15(2)20(17,18)11-5-4-10(13)9(6-16)12(11)14/h4-5,8,16H,6-7H2,1-3H3. The highest BCUT2D eigenvalue weighted by molar-refractivity contribution is 7.98. The summed E-state index contributed by atoms with van der Waals surface area (Å²) in [4.78, 5) is -0.0388. The summed E-state index contributed by atoms with van der Waals surface area (Å²) in [5, 5.41) is 9.46. The first-order chi connectivity index (χ1) is 9.27. The van der Waals surface area contributed by atoms with Crippen molar-refractivity contribution in [1.82, 2.24) is 4.31 Å². The van der Waals surface area contributed by atoms with Crippen molar-refractivity contribution < 1.29 is 13.5 Å². The molecule has 0 saturated carbocycles. The first-order valence-corrected chi connectivity index (χ1v) is 9.41. The molecule has 8 heteroatoms. The Labute approximate surface area is 134 Å². The van der Waals surface area contributed by atoms with Gasteiger partial charge in [-0.2, -0.15) is 16.1 Å². The maximum Gasteiger partial charge on any atom is 0.244 e. The maximum absolute atomic E-state index is 12.6. The Bertz CT molecular complexity index is 578. The number of hydrogen-bond donors (Lipinski definition) is 1. The summed E-state index contributed by atoms with van der Waals surface area (Å²) in [5.74, 6) is 0.674. The fraction of sp³-hybridized carbons (Fsp3) is 0.500. The molecule has 1 rings (SSSR count). The van der Waals surface area contributed by atoms with Crippen LogP contribution in [-0.2, 0) is 16.6 Å². The van der Waals surface area contributed by atoms with E-state index in [1.165, 1.54) is 23.5 Å². The summed E-state index contributed by atoms with van der Waals surface area (Å²) < 4.78 is 26.4. The van der Waals surface area contributed by atoms with Gasteiger partial charge in [0.25, 0.3) is 0 Å².